The number of aromatic nitrogens is 1. The summed E-state index contributed by atoms with van der Waals surface area (Å²) < 4.78 is 16.4. The van der Waals surface area contributed by atoms with E-state index in [1.165, 1.54) is 23.0 Å². The maximum atomic E-state index is 13.6. The first kappa shape index (κ1) is 24.0. The van der Waals surface area contributed by atoms with Gasteiger partial charge in [0.1, 0.15) is 5.75 Å². The Morgan fingerprint density at radius 3 is 2.31 bits per heavy atom. The normalized spacial score (nSPS) is 10.9. The summed E-state index contributed by atoms with van der Waals surface area (Å²) in [5, 5.41) is 2.49. The molecule has 0 atom stereocenters. The molecular formula is C28H26N2O4S. The fourth-order valence-electron chi connectivity index (χ4n) is 3.63. The lowest BCUT2D eigenvalue weighted by Crippen LogP contribution is -2.24. The molecule has 4 rings (SSSR count). The Morgan fingerprint density at radius 2 is 1.60 bits per heavy atom. The Hall–Kier alpha value is -4.10. The molecule has 4 aromatic rings. The van der Waals surface area contributed by atoms with E-state index in [2.05, 4.69) is 0 Å². The summed E-state index contributed by atoms with van der Waals surface area (Å²) in [7, 11) is 4.73. The fraction of sp³-hybridized carbons (Fsp3) is 0.143. The lowest BCUT2D eigenvalue weighted by atomic mass is 10.1. The van der Waals surface area contributed by atoms with Crippen LogP contribution in [-0.2, 0) is 4.79 Å². The number of carbonyl (C=O) groups excluding carboxylic acids is 1. The van der Waals surface area contributed by atoms with Crippen molar-refractivity contribution in [2.45, 2.75) is 6.92 Å². The third-order valence-electron chi connectivity index (χ3n) is 5.42. The highest BCUT2D eigenvalue weighted by Crippen LogP contribution is 2.38. The average Bonchev–Trinajstić information content (AvgIpc) is 3.37. The average molecular weight is 487 g/mol. The topological polar surface area (TPSA) is 60.9 Å². The van der Waals surface area contributed by atoms with E-state index < -0.39 is 0 Å². The van der Waals surface area contributed by atoms with Crippen LogP contribution >= 0.6 is 11.3 Å². The number of nitrogens with zero attached hydrogens (tertiary/aromatic N) is 2. The van der Waals surface area contributed by atoms with E-state index in [-0.39, 0.29) is 5.91 Å². The largest absolute Gasteiger partial charge is 0.495 e. The molecule has 7 heteroatoms. The second-order valence-electron chi connectivity index (χ2n) is 7.64. The first-order valence-electron chi connectivity index (χ1n) is 10.9. The number of rotatable bonds is 8. The minimum Gasteiger partial charge on any atom is -0.495 e. The molecule has 1 amide bonds. The Kier molecular flexibility index (Phi) is 7.48. The second-order valence-corrected chi connectivity index (χ2v) is 8.48. The molecule has 0 N–H and O–H groups in total. The molecule has 1 heterocycles. The number of aryl methyl sites for hydroxylation is 1. The van der Waals surface area contributed by atoms with Crippen LogP contribution in [0.4, 0.5) is 10.8 Å². The number of amides is 1. The molecule has 0 bridgehead atoms. The zero-order valence-electron chi connectivity index (χ0n) is 20.0. The molecule has 0 unspecified atom stereocenters. The maximum Gasteiger partial charge on any atom is 0.257 e. The molecule has 0 saturated heterocycles. The molecule has 0 fully saturated rings. The van der Waals surface area contributed by atoms with Crippen LogP contribution in [0.15, 0.2) is 78.2 Å². The number of thiazole rings is 1. The van der Waals surface area contributed by atoms with Crippen molar-refractivity contribution < 1.29 is 19.0 Å². The standard InChI is InChI=1S/C28H26N2O4S/c1-19-12-14-20(15-13-19)22-18-35-28(29-22)30(23-9-5-6-10-24(23)32-2)26(31)17-16-21-8-7-11-25(33-3)27(21)34-4/h5-18H,1-4H3. The van der Waals surface area contributed by atoms with Crippen LogP contribution in [0.3, 0.4) is 0 Å². The zero-order valence-corrected chi connectivity index (χ0v) is 20.8. The van der Waals surface area contributed by atoms with Gasteiger partial charge in [-0.25, -0.2) is 9.88 Å². The molecule has 0 radical (unpaired) electrons. The van der Waals surface area contributed by atoms with E-state index in [1.807, 2.05) is 73.0 Å². The van der Waals surface area contributed by atoms with Crippen molar-refractivity contribution in [2.75, 3.05) is 26.2 Å². The van der Waals surface area contributed by atoms with Gasteiger partial charge in [0, 0.05) is 22.6 Å². The smallest absolute Gasteiger partial charge is 0.257 e. The van der Waals surface area contributed by atoms with Gasteiger partial charge in [-0.3, -0.25) is 4.79 Å². The Balaban J connectivity index is 1.74. The van der Waals surface area contributed by atoms with Crippen molar-refractivity contribution >= 4 is 34.1 Å². The summed E-state index contributed by atoms with van der Waals surface area (Å²) in [6.45, 7) is 2.04. The zero-order chi connectivity index (χ0) is 24.8. The van der Waals surface area contributed by atoms with Gasteiger partial charge in [-0.05, 0) is 31.2 Å². The summed E-state index contributed by atoms with van der Waals surface area (Å²) in [4.78, 5) is 20.0. The van der Waals surface area contributed by atoms with Gasteiger partial charge >= 0.3 is 0 Å². The summed E-state index contributed by atoms with van der Waals surface area (Å²) in [6.07, 6.45) is 3.21. The Bertz CT molecular complexity index is 1350. The minimum atomic E-state index is -0.274. The van der Waals surface area contributed by atoms with E-state index in [1.54, 1.807) is 38.4 Å². The fourth-order valence-corrected chi connectivity index (χ4v) is 4.48. The van der Waals surface area contributed by atoms with Crippen LogP contribution in [0.1, 0.15) is 11.1 Å². The van der Waals surface area contributed by atoms with Crippen LogP contribution in [-0.4, -0.2) is 32.2 Å². The molecular weight excluding hydrogens is 460 g/mol. The first-order valence-corrected chi connectivity index (χ1v) is 11.8. The number of ether oxygens (including phenoxy) is 3. The highest BCUT2D eigenvalue weighted by Gasteiger charge is 2.23. The van der Waals surface area contributed by atoms with Gasteiger partial charge in [0.05, 0.1) is 32.7 Å². The Labute approximate surface area is 209 Å². The summed E-state index contributed by atoms with van der Waals surface area (Å²) in [5.41, 5.74) is 4.29. The number of hydrogen-bond acceptors (Lipinski definition) is 6. The van der Waals surface area contributed by atoms with Crippen LogP contribution in [0.25, 0.3) is 17.3 Å². The highest BCUT2D eigenvalue weighted by molar-refractivity contribution is 7.14. The van der Waals surface area contributed by atoms with Gasteiger partial charge in [-0.2, -0.15) is 0 Å². The van der Waals surface area contributed by atoms with E-state index in [0.717, 1.165) is 16.8 Å². The number of carbonyl (C=O) groups is 1. The van der Waals surface area contributed by atoms with Crippen LogP contribution in [0.5, 0.6) is 17.2 Å². The third kappa shape index (κ3) is 5.20. The second kappa shape index (κ2) is 10.9. The highest BCUT2D eigenvalue weighted by atomic mass is 32.1. The molecule has 6 nitrogen and oxygen atoms in total. The van der Waals surface area contributed by atoms with E-state index in [4.69, 9.17) is 19.2 Å². The molecule has 0 spiro atoms. The molecule has 3 aromatic carbocycles. The molecule has 0 aliphatic carbocycles. The molecule has 35 heavy (non-hydrogen) atoms. The number of anilines is 2. The van der Waals surface area contributed by atoms with Crippen molar-refractivity contribution in [1.29, 1.82) is 0 Å². The van der Waals surface area contributed by atoms with Crippen LogP contribution in [0.2, 0.25) is 0 Å². The van der Waals surface area contributed by atoms with Crippen molar-refractivity contribution in [1.82, 2.24) is 4.98 Å². The van der Waals surface area contributed by atoms with Crippen LogP contribution in [0, 0.1) is 6.92 Å². The van der Waals surface area contributed by atoms with E-state index >= 15 is 0 Å². The predicted molar refractivity (Wildman–Crippen MR) is 141 cm³/mol. The van der Waals surface area contributed by atoms with Gasteiger partial charge in [0.15, 0.2) is 16.6 Å². The van der Waals surface area contributed by atoms with E-state index in [9.17, 15) is 4.79 Å². The summed E-state index contributed by atoms with van der Waals surface area (Å²) in [5.74, 6) is 1.44. The van der Waals surface area contributed by atoms with E-state index in [0.29, 0.717) is 28.1 Å². The van der Waals surface area contributed by atoms with Crippen molar-refractivity contribution in [3.63, 3.8) is 0 Å². The Morgan fingerprint density at radius 1 is 0.886 bits per heavy atom. The molecule has 0 aliphatic rings. The summed E-state index contributed by atoms with van der Waals surface area (Å²) >= 11 is 1.39. The lowest BCUT2D eigenvalue weighted by molar-refractivity contribution is -0.113. The number of hydrogen-bond donors (Lipinski definition) is 0. The quantitative estimate of drug-likeness (QED) is 0.265. The maximum absolute atomic E-state index is 13.6. The SMILES string of the molecule is COc1ccccc1N(C(=O)C=Cc1cccc(OC)c1OC)c1nc(-c2ccc(C)cc2)cs1. The predicted octanol–water partition coefficient (Wildman–Crippen LogP) is 6.52. The lowest BCUT2D eigenvalue weighted by Gasteiger charge is -2.21. The summed E-state index contributed by atoms with van der Waals surface area (Å²) in [6, 6.07) is 21.0. The van der Waals surface area contributed by atoms with Gasteiger partial charge in [0.2, 0.25) is 0 Å². The third-order valence-corrected chi connectivity index (χ3v) is 6.24. The molecule has 0 aliphatic heterocycles. The van der Waals surface area contributed by atoms with Crippen molar-refractivity contribution in [3.8, 4) is 28.5 Å². The van der Waals surface area contributed by atoms with Gasteiger partial charge in [-0.1, -0.05) is 54.1 Å². The van der Waals surface area contributed by atoms with Gasteiger partial charge in [-0.15, -0.1) is 11.3 Å². The van der Waals surface area contributed by atoms with Crippen molar-refractivity contribution in [3.05, 3.63) is 89.3 Å². The van der Waals surface area contributed by atoms with Crippen molar-refractivity contribution in [2.24, 2.45) is 0 Å². The number of methoxy groups -OCH3 is 3. The number of benzene rings is 3. The van der Waals surface area contributed by atoms with Crippen LogP contribution < -0.4 is 19.1 Å². The minimum absolute atomic E-state index is 0.274. The first-order chi connectivity index (χ1) is 17.0. The molecule has 1 aromatic heterocycles. The monoisotopic (exact) mass is 486 g/mol. The number of para-hydroxylation sites is 3. The molecule has 178 valence electrons. The molecule has 0 saturated carbocycles. The van der Waals surface area contributed by atoms with Gasteiger partial charge in [0.25, 0.3) is 5.91 Å². The van der Waals surface area contributed by atoms with Gasteiger partial charge < -0.3 is 14.2 Å².